The van der Waals surface area contributed by atoms with Crippen molar-refractivity contribution in [3.63, 3.8) is 0 Å². The average molecular weight is 358 g/mol. The van der Waals surface area contributed by atoms with E-state index in [0.717, 1.165) is 33.6 Å². The van der Waals surface area contributed by atoms with Gasteiger partial charge in [0.05, 0.1) is 6.42 Å². The molecular weight excluding hydrogens is 340 g/mol. The van der Waals surface area contributed by atoms with Gasteiger partial charge in [-0.15, -0.1) is 0 Å². The standard InChI is InChI=1S/C23H18O4/c24-22(14-15-9-10-20-21(13-15)26-12-11-25-20)27-23-18-7-3-1-5-16(18)17-6-2-4-8-19(17)23/h1-10,13,23H,11-12,14H2. The van der Waals surface area contributed by atoms with Crippen molar-refractivity contribution in [1.82, 2.24) is 0 Å². The van der Waals surface area contributed by atoms with E-state index in [1.165, 1.54) is 0 Å². The molecular formula is C23H18O4. The zero-order valence-corrected chi connectivity index (χ0v) is 14.7. The van der Waals surface area contributed by atoms with E-state index in [4.69, 9.17) is 14.2 Å². The molecule has 0 fully saturated rings. The number of esters is 1. The fourth-order valence-electron chi connectivity index (χ4n) is 3.77. The minimum atomic E-state index is -0.359. The fourth-order valence-corrected chi connectivity index (χ4v) is 3.77. The number of benzene rings is 3. The summed E-state index contributed by atoms with van der Waals surface area (Å²) in [6.45, 7) is 1.07. The molecule has 0 atom stereocenters. The molecule has 0 saturated heterocycles. The van der Waals surface area contributed by atoms with Crippen LogP contribution in [0.25, 0.3) is 11.1 Å². The van der Waals surface area contributed by atoms with E-state index < -0.39 is 0 Å². The summed E-state index contributed by atoms with van der Waals surface area (Å²) in [5.41, 5.74) is 5.18. The lowest BCUT2D eigenvalue weighted by Gasteiger charge is -2.19. The zero-order chi connectivity index (χ0) is 18.2. The zero-order valence-electron chi connectivity index (χ0n) is 14.7. The van der Waals surface area contributed by atoms with Crippen LogP contribution >= 0.6 is 0 Å². The van der Waals surface area contributed by atoms with E-state index in [-0.39, 0.29) is 18.5 Å². The van der Waals surface area contributed by atoms with Crippen molar-refractivity contribution >= 4 is 5.97 Å². The molecule has 3 aromatic rings. The highest BCUT2D eigenvalue weighted by molar-refractivity contribution is 5.80. The first kappa shape index (κ1) is 15.9. The summed E-state index contributed by atoms with van der Waals surface area (Å²) >= 11 is 0. The molecule has 0 radical (unpaired) electrons. The van der Waals surface area contributed by atoms with Crippen molar-refractivity contribution in [2.75, 3.05) is 13.2 Å². The molecule has 4 heteroatoms. The van der Waals surface area contributed by atoms with E-state index in [1.54, 1.807) is 0 Å². The van der Waals surface area contributed by atoms with Crippen LogP contribution in [0.3, 0.4) is 0 Å². The van der Waals surface area contributed by atoms with Gasteiger partial charge in [0.1, 0.15) is 13.2 Å². The molecule has 2 aliphatic rings. The third kappa shape index (κ3) is 2.83. The first-order valence-corrected chi connectivity index (χ1v) is 9.06. The molecule has 1 aliphatic heterocycles. The predicted molar refractivity (Wildman–Crippen MR) is 101 cm³/mol. The number of rotatable bonds is 3. The summed E-state index contributed by atoms with van der Waals surface area (Å²) in [6.07, 6.45) is -0.167. The van der Waals surface area contributed by atoms with Crippen molar-refractivity contribution in [3.8, 4) is 22.6 Å². The Balaban J connectivity index is 1.38. The van der Waals surface area contributed by atoms with E-state index >= 15 is 0 Å². The van der Waals surface area contributed by atoms with Gasteiger partial charge in [-0.05, 0) is 28.8 Å². The molecule has 0 aromatic heterocycles. The first-order chi connectivity index (χ1) is 13.3. The van der Waals surface area contributed by atoms with Gasteiger partial charge >= 0.3 is 5.97 Å². The summed E-state index contributed by atoms with van der Waals surface area (Å²) in [4.78, 5) is 12.7. The number of hydrogen-bond donors (Lipinski definition) is 0. The van der Waals surface area contributed by atoms with Crippen molar-refractivity contribution < 1.29 is 19.0 Å². The molecule has 0 spiro atoms. The molecule has 27 heavy (non-hydrogen) atoms. The molecule has 0 N–H and O–H groups in total. The topological polar surface area (TPSA) is 44.8 Å². The monoisotopic (exact) mass is 358 g/mol. The lowest BCUT2D eigenvalue weighted by molar-refractivity contribution is -0.146. The van der Waals surface area contributed by atoms with Crippen molar-refractivity contribution in [2.45, 2.75) is 12.5 Å². The Bertz CT molecular complexity index is 979. The van der Waals surface area contributed by atoms with Crippen molar-refractivity contribution in [3.05, 3.63) is 83.4 Å². The number of carbonyl (C=O) groups is 1. The summed E-state index contributed by atoms with van der Waals surface area (Å²) in [7, 11) is 0. The summed E-state index contributed by atoms with van der Waals surface area (Å²) in [5, 5.41) is 0. The minimum Gasteiger partial charge on any atom is -0.486 e. The van der Waals surface area contributed by atoms with Gasteiger partial charge in [-0.3, -0.25) is 4.79 Å². The molecule has 4 nitrogen and oxygen atoms in total. The maximum absolute atomic E-state index is 12.7. The molecule has 134 valence electrons. The van der Waals surface area contributed by atoms with Crippen LogP contribution in [0.5, 0.6) is 11.5 Å². The second kappa shape index (κ2) is 6.47. The fraction of sp³-hybridized carbons (Fsp3) is 0.174. The Morgan fingerprint density at radius 3 is 2.19 bits per heavy atom. The van der Waals surface area contributed by atoms with Crippen LogP contribution in [0.2, 0.25) is 0 Å². The first-order valence-electron chi connectivity index (χ1n) is 9.06. The molecule has 0 amide bonds. The second-order valence-corrected chi connectivity index (χ2v) is 6.70. The van der Waals surface area contributed by atoms with Crippen LogP contribution in [-0.2, 0) is 16.0 Å². The third-order valence-corrected chi connectivity index (χ3v) is 4.98. The van der Waals surface area contributed by atoms with Gasteiger partial charge in [-0.25, -0.2) is 0 Å². The summed E-state index contributed by atoms with van der Waals surface area (Å²) in [6, 6.07) is 21.7. The number of ether oxygens (including phenoxy) is 3. The average Bonchev–Trinajstić information content (AvgIpc) is 3.02. The van der Waals surface area contributed by atoms with E-state index in [2.05, 4.69) is 12.1 Å². The minimum absolute atomic E-state index is 0.192. The highest BCUT2D eigenvalue weighted by atomic mass is 16.6. The Morgan fingerprint density at radius 1 is 0.852 bits per heavy atom. The smallest absolute Gasteiger partial charge is 0.311 e. The summed E-state index contributed by atoms with van der Waals surface area (Å²) in [5.74, 6) is 1.14. The Morgan fingerprint density at radius 2 is 1.48 bits per heavy atom. The largest absolute Gasteiger partial charge is 0.486 e. The molecule has 0 unspecified atom stereocenters. The highest BCUT2D eigenvalue weighted by Gasteiger charge is 2.31. The van der Waals surface area contributed by atoms with Crippen LogP contribution < -0.4 is 9.47 Å². The Kier molecular flexibility index (Phi) is 3.82. The van der Waals surface area contributed by atoms with Gasteiger partial charge in [-0.2, -0.15) is 0 Å². The van der Waals surface area contributed by atoms with Gasteiger partial charge in [0, 0.05) is 11.1 Å². The van der Waals surface area contributed by atoms with Crippen LogP contribution in [-0.4, -0.2) is 19.2 Å². The normalized spacial score (nSPS) is 14.4. The van der Waals surface area contributed by atoms with Crippen molar-refractivity contribution in [2.24, 2.45) is 0 Å². The number of carbonyl (C=O) groups excluding carboxylic acids is 1. The van der Waals surface area contributed by atoms with Gasteiger partial charge in [0.25, 0.3) is 0 Å². The SMILES string of the molecule is O=C(Cc1ccc2c(c1)OCCO2)OC1c2ccccc2-c2ccccc21. The Hall–Kier alpha value is -3.27. The number of hydrogen-bond acceptors (Lipinski definition) is 4. The Labute approximate surface area is 157 Å². The summed E-state index contributed by atoms with van der Waals surface area (Å²) < 4.78 is 17.0. The highest BCUT2D eigenvalue weighted by Crippen LogP contribution is 2.45. The van der Waals surface area contributed by atoms with Gasteiger partial charge in [0.15, 0.2) is 17.6 Å². The van der Waals surface area contributed by atoms with Crippen LogP contribution in [0.4, 0.5) is 0 Å². The van der Waals surface area contributed by atoms with Crippen molar-refractivity contribution in [1.29, 1.82) is 0 Å². The molecule has 5 rings (SSSR count). The maximum Gasteiger partial charge on any atom is 0.311 e. The van der Waals surface area contributed by atoms with E-state index in [0.29, 0.717) is 19.0 Å². The van der Waals surface area contributed by atoms with Crippen LogP contribution in [0.1, 0.15) is 22.8 Å². The maximum atomic E-state index is 12.7. The van der Waals surface area contributed by atoms with Crippen LogP contribution in [0.15, 0.2) is 66.7 Å². The van der Waals surface area contributed by atoms with Gasteiger partial charge in [-0.1, -0.05) is 54.6 Å². The van der Waals surface area contributed by atoms with Crippen LogP contribution in [0, 0.1) is 0 Å². The molecule has 3 aromatic carbocycles. The van der Waals surface area contributed by atoms with E-state index in [1.807, 2.05) is 54.6 Å². The second-order valence-electron chi connectivity index (χ2n) is 6.70. The molecule has 1 heterocycles. The quantitative estimate of drug-likeness (QED) is 0.655. The lowest BCUT2D eigenvalue weighted by atomic mass is 10.1. The lowest BCUT2D eigenvalue weighted by Crippen LogP contribution is -2.16. The molecule has 0 bridgehead atoms. The van der Waals surface area contributed by atoms with Gasteiger partial charge in [0.2, 0.25) is 0 Å². The number of fused-ring (bicyclic) bond motifs is 4. The van der Waals surface area contributed by atoms with Gasteiger partial charge < -0.3 is 14.2 Å². The predicted octanol–water partition coefficient (Wildman–Crippen LogP) is 4.31. The third-order valence-electron chi connectivity index (χ3n) is 4.98. The molecule has 0 saturated carbocycles. The van der Waals surface area contributed by atoms with E-state index in [9.17, 15) is 4.79 Å². The molecule has 1 aliphatic carbocycles.